The maximum absolute atomic E-state index is 12.0. The molecule has 1 heterocycles. The molecule has 0 saturated carbocycles. The van der Waals surface area contributed by atoms with Crippen molar-refractivity contribution in [3.8, 4) is 5.75 Å². The number of hydrogen-bond acceptors (Lipinski definition) is 4. The molecule has 2 aromatic rings. The number of thiophene rings is 1. The minimum Gasteiger partial charge on any atom is -0.483 e. The van der Waals surface area contributed by atoms with E-state index in [0.717, 1.165) is 16.9 Å². The number of benzene rings is 1. The molecule has 6 heteroatoms. The number of amides is 2. The van der Waals surface area contributed by atoms with Crippen LogP contribution in [0.4, 0.5) is 0 Å². The second kappa shape index (κ2) is 8.85. The van der Waals surface area contributed by atoms with Gasteiger partial charge in [0.05, 0.1) is 4.88 Å². The molecule has 0 radical (unpaired) electrons. The molecular weight excluding hydrogens is 348 g/mol. The minimum atomic E-state index is -0.212. The molecule has 26 heavy (non-hydrogen) atoms. The summed E-state index contributed by atoms with van der Waals surface area (Å²) >= 11 is 1.39. The average Bonchev–Trinajstić information content (AvgIpc) is 3.11. The first-order valence-electron chi connectivity index (χ1n) is 8.59. The van der Waals surface area contributed by atoms with E-state index in [2.05, 4.69) is 37.5 Å². The molecule has 5 nitrogen and oxygen atoms in total. The molecule has 0 aliphatic heterocycles. The lowest BCUT2D eigenvalue weighted by molar-refractivity contribution is -0.123. The highest BCUT2D eigenvalue weighted by molar-refractivity contribution is 7.12. The Bertz CT molecular complexity index is 749. The Morgan fingerprint density at radius 3 is 2.50 bits per heavy atom. The highest BCUT2D eigenvalue weighted by Gasteiger charge is 2.19. The Labute approximate surface area is 158 Å². The number of ether oxygens (including phenoxy) is 1. The third kappa shape index (κ3) is 5.88. The summed E-state index contributed by atoms with van der Waals surface area (Å²) in [7, 11) is 0. The zero-order chi connectivity index (χ0) is 19.2. The minimum absolute atomic E-state index is 0.0506. The van der Waals surface area contributed by atoms with Crippen LogP contribution in [-0.4, -0.2) is 31.5 Å². The van der Waals surface area contributed by atoms with Crippen LogP contribution in [0.5, 0.6) is 5.75 Å². The number of carbonyl (C=O) groups is 2. The van der Waals surface area contributed by atoms with Crippen molar-refractivity contribution >= 4 is 23.2 Å². The summed E-state index contributed by atoms with van der Waals surface area (Å²) in [5.74, 6) is 0.389. The average molecular weight is 375 g/mol. The lowest BCUT2D eigenvalue weighted by Crippen LogP contribution is -2.36. The van der Waals surface area contributed by atoms with Gasteiger partial charge in [0, 0.05) is 13.1 Å². The van der Waals surface area contributed by atoms with Crippen LogP contribution >= 0.6 is 11.3 Å². The molecule has 140 valence electrons. The first-order valence-corrected chi connectivity index (χ1v) is 9.47. The van der Waals surface area contributed by atoms with Crippen molar-refractivity contribution in [2.24, 2.45) is 0 Å². The van der Waals surface area contributed by atoms with Crippen molar-refractivity contribution in [2.45, 2.75) is 33.1 Å². The number of carbonyl (C=O) groups excluding carboxylic acids is 2. The third-order valence-corrected chi connectivity index (χ3v) is 4.65. The fraction of sp³-hybridized carbons (Fsp3) is 0.400. The molecule has 0 atom stereocenters. The van der Waals surface area contributed by atoms with Gasteiger partial charge in [-0.25, -0.2) is 0 Å². The van der Waals surface area contributed by atoms with Gasteiger partial charge in [0.2, 0.25) is 0 Å². The lowest BCUT2D eigenvalue weighted by atomic mass is 9.85. The van der Waals surface area contributed by atoms with Gasteiger partial charge in [0.1, 0.15) is 5.75 Å². The number of rotatable bonds is 7. The second-order valence-electron chi connectivity index (χ2n) is 7.12. The largest absolute Gasteiger partial charge is 0.483 e. The third-order valence-electron chi connectivity index (χ3n) is 3.78. The van der Waals surface area contributed by atoms with Gasteiger partial charge >= 0.3 is 0 Å². The van der Waals surface area contributed by atoms with Gasteiger partial charge in [0.25, 0.3) is 11.8 Å². The van der Waals surface area contributed by atoms with E-state index in [1.807, 2.05) is 30.5 Å². The van der Waals surface area contributed by atoms with Crippen molar-refractivity contribution in [3.05, 3.63) is 51.7 Å². The molecule has 1 aromatic heterocycles. The molecule has 0 aliphatic carbocycles. The van der Waals surface area contributed by atoms with Crippen LogP contribution in [0.25, 0.3) is 0 Å². The summed E-state index contributed by atoms with van der Waals surface area (Å²) in [5.41, 5.74) is 2.17. The van der Waals surface area contributed by atoms with Crippen LogP contribution in [-0.2, 0) is 10.2 Å². The van der Waals surface area contributed by atoms with Gasteiger partial charge in [-0.2, -0.15) is 0 Å². The van der Waals surface area contributed by atoms with Crippen LogP contribution in [0.3, 0.4) is 0 Å². The van der Waals surface area contributed by atoms with Gasteiger partial charge in [-0.1, -0.05) is 44.5 Å². The van der Waals surface area contributed by atoms with E-state index in [0.29, 0.717) is 18.0 Å². The van der Waals surface area contributed by atoms with E-state index in [9.17, 15) is 9.59 Å². The van der Waals surface area contributed by atoms with Gasteiger partial charge in [0.15, 0.2) is 6.61 Å². The van der Waals surface area contributed by atoms with E-state index in [1.165, 1.54) is 11.3 Å². The molecule has 2 rings (SSSR count). The van der Waals surface area contributed by atoms with E-state index < -0.39 is 0 Å². The van der Waals surface area contributed by atoms with Gasteiger partial charge < -0.3 is 15.4 Å². The molecule has 0 unspecified atom stereocenters. The van der Waals surface area contributed by atoms with Crippen molar-refractivity contribution in [1.29, 1.82) is 0 Å². The summed E-state index contributed by atoms with van der Waals surface area (Å²) in [6, 6.07) is 9.57. The fourth-order valence-electron chi connectivity index (χ4n) is 2.42. The Kier molecular flexibility index (Phi) is 6.80. The fourth-order valence-corrected chi connectivity index (χ4v) is 3.06. The first-order chi connectivity index (χ1) is 12.3. The van der Waals surface area contributed by atoms with E-state index in [4.69, 9.17) is 4.74 Å². The van der Waals surface area contributed by atoms with Crippen LogP contribution < -0.4 is 15.4 Å². The standard InChI is InChI=1S/C20H26N2O3S/c1-14-7-8-16(15(12-14)20(2,3)4)25-13-18(23)21-9-10-22-19(24)17-6-5-11-26-17/h5-8,11-12H,9-10,13H2,1-4H3,(H,21,23)(H,22,24). The SMILES string of the molecule is Cc1ccc(OCC(=O)NCCNC(=O)c2cccs2)c(C(C)(C)C)c1. The second-order valence-corrected chi connectivity index (χ2v) is 8.07. The molecule has 1 aromatic carbocycles. The van der Waals surface area contributed by atoms with Crippen LogP contribution in [0.15, 0.2) is 35.7 Å². The van der Waals surface area contributed by atoms with E-state index >= 15 is 0 Å². The zero-order valence-electron chi connectivity index (χ0n) is 15.7. The van der Waals surface area contributed by atoms with Crippen LogP contribution in [0.2, 0.25) is 0 Å². The highest BCUT2D eigenvalue weighted by Crippen LogP contribution is 2.32. The summed E-state index contributed by atoms with van der Waals surface area (Å²) < 4.78 is 5.72. The van der Waals surface area contributed by atoms with E-state index in [1.54, 1.807) is 6.07 Å². The zero-order valence-corrected chi connectivity index (χ0v) is 16.5. The van der Waals surface area contributed by atoms with Gasteiger partial charge in [-0.3, -0.25) is 9.59 Å². The summed E-state index contributed by atoms with van der Waals surface area (Å²) in [5, 5.41) is 7.37. The van der Waals surface area contributed by atoms with Crippen molar-refractivity contribution in [1.82, 2.24) is 10.6 Å². The number of nitrogens with one attached hydrogen (secondary N) is 2. The summed E-state index contributed by atoms with van der Waals surface area (Å²) in [6.07, 6.45) is 0. The molecular formula is C20H26N2O3S. The van der Waals surface area contributed by atoms with Crippen molar-refractivity contribution < 1.29 is 14.3 Å². The molecule has 0 spiro atoms. The molecule has 0 aliphatic rings. The molecule has 0 bridgehead atoms. The van der Waals surface area contributed by atoms with Gasteiger partial charge in [-0.15, -0.1) is 11.3 Å². The molecule has 2 amide bonds. The Morgan fingerprint density at radius 2 is 1.85 bits per heavy atom. The smallest absolute Gasteiger partial charge is 0.261 e. The van der Waals surface area contributed by atoms with Gasteiger partial charge in [-0.05, 0) is 35.4 Å². The highest BCUT2D eigenvalue weighted by atomic mass is 32.1. The summed E-state index contributed by atoms with van der Waals surface area (Å²) in [4.78, 5) is 24.4. The monoisotopic (exact) mass is 374 g/mol. The van der Waals surface area contributed by atoms with Crippen molar-refractivity contribution in [3.63, 3.8) is 0 Å². The predicted octanol–water partition coefficient (Wildman–Crippen LogP) is 3.28. The molecule has 0 saturated heterocycles. The Balaban J connectivity index is 1.76. The Hall–Kier alpha value is -2.34. The first kappa shape index (κ1) is 20.0. The summed E-state index contributed by atoms with van der Waals surface area (Å²) in [6.45, 7) is 9.07. The molecule has 0 fully saturated rings. The maximum Gasteiger partial charge on any atom is 0.261 e. The predicted molar refractivity (Wildman–Crippen MR) is 105 cm³/mol. The lowest BCUT2D eigenvalue weighted by Gasteiger charge is -2.23. The van der Waals surface area contributed by atoms with E-state index in [-0.39, 0.29) is 23.8 Å². The van der Waals surface area contributed by atoms with Crippen LogP contribution in [0, 0.1) is 6.92 Å². The maximum atomic E-state index is 12.0. The van der Waals surface area contributed by atoms with Crippen molar-refractivity contribution in [2.75, 3.05) is 19.7 Å². The molecule has 2 N–H and O–H groups in total. The number of hydrogen-bond donors (Lipinski definition) is 2. The number of aryl methyl sites for hydroxylation is 1. The van der Waals surface area contributed by atoms with Crippen LogP contribution in [0.1, 0.15) is 41.6 Å². The Morgan fingerprint density at radius 1 is 1.12 bits per heavy atom. The normalized spacial score (nSPS) is 11.1. The quantitative estimate of drug-likeness (QED) is 0.731. The topological polar surface area (TPSA) is 67.4 Å².